The second kappa shape index (κ2) is 12.1. The van der Waals surface area contributed by atoms with Crippen LogP contribution in [-0.4, -0.2) is 19.3 Å². The number of rotatable bonds is 10. The summed E-state index contributed by atoms with van der Waals surface area (Å²) in [4.78, 5) is 0. The van der Waals surface area contributed by atoms with Crippen LogP contribution in [0.4, 0.5) is 13.2 Å². The summed E-state index contributed by atoms with van der Waals surface area (Å²) < 4.78 is 60.9. The highest BCUT2D eigenvalue weighted by atomic mass is 19.2. The van der Waals surface area contributed by atoms with Crippen molar-refractivity contribution in [1.82, 2.24) is 0 Å². The Morgan fingerprint density at radius 3 is 2.25 bits per heavy atom. The molecule has 1 aliphatic carbocycles. The normalized spacial score (nSPS) is 17.6. The molecule has 3 aromatic carbocycles. The summed E-state index contributed by atoms with van der Waals surface area (Å²) in [5.74, 6) is -0.794. The van der Waals surface area contributed by atoms with Gasteiger partial charge in [0, 0.05) is 17.2 Å². The molecule has 0 atom stereocenters. The third kappa shape index (κ3) is 6.11. The van der Waals surface area contributed by atoms with Crippen LogP contribution in [0.5, 0.6) is 11.5 Å². The van der Waals surface area contributed by atoms with Gasteiger partial charge < -0.3 is 14.2 Å². The van der Waals surface area contributed by atoms with Gasteiger partial charge >= 0.3 is 0 Å². The maximum atomic E-state index is 14.8. The highest BCUT2D eigenvalue weighted by Crippen LogP contribution is 2.37. The molecular formula is C30H31F3O3. The summed E-state index contributed by atoms with van der Waals surface area (Å²) in [5.41, 5.74) is 1.64. The first-order chi connectivity index (χ1) is 17.5. The minimum atomic E-state index is -0.893. The van der Waals surface area contributed by atoms with Crippen molar-refractivity contribution in [2.45, 2.75) is 51.2 Å². The highest BCUT2D eigenvalue weighted by Gasteiger charge is 2.25. The minimum absolute atomic E-state index is 0.00859. The van der Waals surface area contributed by atoms with Crippen LogP contribution in [0.1, 0.15) is 49.7 Å². The first-order valence-corrected chi connectivity index (χ1v) is 12.3. The molecule has 0 heterocycles. The largest absolute Gasteiger partial charge is 0.494 e. The lowest BCUT2D eigenvalue weighted by Gasteiger charge is -2.29. The second-order valence-electron chi connectivity index (χ2n) is 8.93. The molecule has 6 heteroatoms. The summed E-state index contributed by atoms with van der Waals surface area (Å²) in [5, 5.41) is 0. The zero-order chi connectivity index (χ0) is 25.5. The molecule has 1 aliphatic rings. The van der Waals surface area contributed by atoms with Gasteiger partial charge in [0.25, 0.3) is 0 Å². The lowest BCUT2D eigenvalue weighted by Crippen LogP contribution is -2.21. The Morgan fingerprint density at radius 2 is 1.58 bits per heavy atom. The molecule has 4 rings (SSSR count). The summed E-state index contributed by atoms with van der Waals surface area (Å²) in [6.45, 7) is 6.33. The first kappa shape index (κ1) is 25.8. The molecule has 1 fully saturated rings. The van der Waals surface area contributed by atoms with Crippen LogP contribution in [0, 0.1) is 17.5 Å². The Kier molecular flexibility index (Phi) is 8.70. The second-order valence-corrected chi connectivity index (χ2v) is 8.93. The zero-order valence-electron chi connectivity index (χ0n) is 20.4. The summed E-state index contributed by atoms with van der Waals surface area (Å²) >= 11 is 0. The molecule has 0 spiro atoms. The third-order valence-electron chi connectivity index (χ3n) is 6.57. The predicted molar refractivity (Wildman–Crippen MR) is 135 cm³/mol. The number of benzene rings is 3. The molecule has 36 heavy (non-hydrogen) atoms. The van der Waals surface area contributed by atoms with Gasteiger partial charge in [0.1, 0.15) is 23.9 Å². The van der Waals surface area contributed by atoms with E-state index in [9.17, 15) is 13.2 Å². The number of halogens is 3. The molecular weight excluding hydrogens is 465 g/mol. The van der Waals surface area contributed by atoms with E-state index in [0.717, 1.165) is 25.7 Å². The van der Waals surface area contributed by atoms with Crippen molar-refractivity contribution in [3.8, 4) is 22.6 Å². The van der Waals surface area contributed by atoms with Gasteiger partial charge in [-0.1, -0.05) is 43.0 Å². The van der Waals surface area contributed by atoms with E-state index >= 15 is 0 Å². The summed E-state index contributed by atoms with van der Waals surface area (Å²) in [7, 11) is 0. The Hall–Kier alpha value is -3.25. The molecule has 1 saturated carbocycles. The maximum absolute atomic E-state index is 14.8. The molecule has 3 nitrogen and oxygen atoms in total. The van der Waals surface area contributed by atoms with E-state index in [1.807, 2.05) is 6.92 Å². The van der Waals surface area contributed by atoms with Crippen molar-refractivity contribution in [2.24, 2.45) is 0 Å². The van der Waals surface area contributed by atoms with Crippen LogP contribution in [-0.2, 0) is 11.3 Å². The first-order valence-electron chi connectivity index (χ1n) is 12.3. The molecule has 0 amide bonds. The van der Waals surface area contributed by atoms with Gasteiger partial charge in [-0.15, -0.1) is 0 Å². The smallest absolute Gasteiger partial charge is 0.167 e. The maximum Gasteiger partial charge on any atom is 0.167 e. The van der Waals surface area contributed by atoms with Crippen molar-refractivity contribution < 1.29 is 27.4 Å². The molecule has 190 valence electrons. The summed E-state index contributed by atoms with van der Waals surface area (Å²) in [6.07, 6.45) is 4.53. The molecule has 0 radical (unpaired) electrons. The molecule has 0 aromatic heterocycles. The lowest BCUT2D eigenvalue weighted by atomic mass is 9.82. The van der Waals surface area contributed by atoms with Gasteiger partial charge in [0.15, 0.2) is 11.6 Å². The quantitative estimate of drug-likeness (QED) is 0.266. The van der Waals surface area contributed by atoms with Crippen LogP contribution in [0.2, 0.25) is 0 Å². The van der Waals surface area contributed by atoms with Gasteiger partial charge in [-0.2, -0.15) is 0 Å². The fourth-order valence-electron chi connectivity index (χ4n) is 4.65. The van der Waals surface area contributed by atoms with E-state index in [0.29, 0.717) is 35.8 Å². The van der Waals surface area contributed by atoms with E-state index in [1.54, 1.807) is 54.6 Å². The molecule has 3 aromatic rings. The van der Waals surface area contributed by atoms with E-state index in [1.165, 1.54) is 6.07 Å². The fraction of sp³-hybridized carbons (Fsp3) is 0.333. The van der Waals surface area contributed by atoms with Crippen LogP contribution < -0.4 is 9.47 Å². The predicted octanol–water partition coefficient (Wildman–Crippen LogP) is 7.98. The third-order valence-corrected chi connectivity index (χ3v) is 6.57. The van der Waals surface area contributed by atoms with E-state index in [4.69, 9.17) is 14.2 Å². The molecule has 0 bridgehead atoms. The van der Waals surface area contributed by atoms with Crippen LogP contribution in [0.3, 0.4) is 0 Å². The number of hydrogen-bond acceptors (Lipinski definition) is 3. The average Bonchev–Trinajstić information content (AvgIpc) is 2.90. The van der Waals surface area contributed by atoms with Crippen LogP contribution in [0.15, 0.2) is 67.3 Å². The van der Waals surface area contributed by atoms with E-state index in [2.05, 4.69) is 6.58 Å². The van der Waals surface area contributed by atoms with Crippen molar-refractivity contribution in [3.63, 3.8) is 0 Å². The lowest BCUT2D eigenvalue weighted by molar-refractivity contribution is 0.0117. The standard InChI is InChI=1S/C30H31F3O3/c1-3-17-35-25-14-16-26(28(31)18-25)20-5-12-24(13-6-20)36-19-22-9-15-27(30(33)29(22)32)21-7-10-23(11-8-21)34-4-2/h3,7-11,14-16,18,20,24H,1,4-6,12-13,17,19H2,2H3. The van der Waals surface area contributed by atoms with Gasteiger partial charge in [-0.05, 0) is 67.9 Å². The van der Waals surface area contributed by atoms with Gasteiger partial charge in [-0.3, -0.25) is 0 Å². The van der Waals surface area contributed by atoms with Crippen molar-refractivity contribution in [1.29, 1.82) is 0 Å². The minimum Gasteiger partial charge on any atom is -0.494 e. The summed E-state index contributed by atoms with van der Waals surface area (Å²) in [6, 6.07) is 15.0. The van der Waals surface area contributed by atoms with E-state index < -0.39 is 11.6 Å². The van der Waals surface area contributed by atoms with Crippen molar-refractivity contribution in [2.75, 3.05) is 13.2 Å². The molecule has 0 unspecified atom stereocenters. The topological polar surface area (TPSA) is 27.7 Å². The number of ether oxygens (including phenoxy) is 3. The monoisotopic (exact) mass is 496 g/mol. The van der Waals surface area contributed by atoms with Gasteiger partial charge in [-0.25, -0.2) is 13.2 Å². The molecule has 0 aliphatic heterocycles. The number of hydrogen-bond donors (Lipinski definition) is 0. The zero-order valence-corrected chi connectivity index (χ0v) is 20.4. The van der Waals surface area contributed by atoms with Crippen LogP contribution >= 0.6 is 0 Å². The Bertz CT molecular complexity index is 1170. The Morgan fingerprint density at radius 1 is 0.861 bits per heavy atom. The van der Waals surface area contributed by atoms with E-state index in [-0.39, 0.29) is 35.6 Å². The van der Waals surface area contributed by atoms with Crippen LogP contribution in [0.25, 0.3) is 11.1 Å². The Balaban J connectivity index is 1.32. The van der Waals surface area contributed by atoms with Gasteiger partial charge in [0.05, 0.1) is 19.3 Å². The highest BCUT2D eigenvalue weighted by molar-refractivity contribution is 5.65. The van der Waals surface area contributed by atoms with Crippen molar-refractivity contribution >= 4 is 0 Å². The fourth-order valence-corrected chi connectivity index (χ4v) is 4.65. The Labute approximate surface area is 210 Å². The average molecular weight is 497 g/mol. The molecule has 0 saturated heterocycles. The SMILES string of the molecule is C=CCOc1ccc(C2CCC(OCc3ccc(-c4ccc(OCC)cc4)c(F)c3F)CC2)c(F)c1. The molecule has 0 N–H and O–H groups in total. The van der Waals surface area contributed by atoms with Gasteiger partial charge in [0.2, 0.25) is 0 Å². The van der Waals surface area contributed by atoms with Crippen molar-refractivity contribution in [3.05, 3.63) is 95.8 Å².